The van der Waals surface area contributed by atoms with Crippen LogP contribution in [0.4, 0.5) is 0 Å². The molecule has 0 bridgehead atoms. The van der Waals surface area contributed by atoms with Gasteiger partial charge in [0.1, 0.15) is 12.4 Å². The molecule has 0 saturated heterocycles. The van der Waals surface area contributed by atoms with Crippen LogP contribution in [0, 0.1) is 0 Å². The molecule has 5 nitrogen and oxygen atoms in total. The Bertz CT molecular complexity index is 386. The maximum Gasteiger partial charge on any atom is 0.236 e. The first kappa shape index (κ1) is 17.7. The maximum absolute atomic E-state index is 11.3. The number of hydrogen-bond donors (Lipinski definition) is 2. The molecule has 0 heterocycles. The minimum Gasteiger partial charge on any atom is -0.491 e. The summed E-state index contributed by atoms with van der Waals surface area (Å²) >= 11 is 0. The van der Waals surface area contributed by atoms with E-state index in [-0.39, 0.29) is 18.3 Å². The summed E-state index contributed by atoms with van der Waals surface area (Å²) in [4.78, 5) is 11.3. The zero-order chi connectivity index (χ0) is 13.4. The molecule has 6 heteroatoms. The lowest BCUT2D eigenvalue weighted by Gasteiger charge is -2.10. The van der Waals surface area contributed by atoms with E-state index >= 15 is 0 Å². The highest BCUT2D eigenvalue weighted by atomic mass is 35.5. The first-order valence-electron chi connectivity index (χ1n) is 5.87. The molecule has 1 atom stereocenters. The second-order valence-corrected chi connectivity index (χ2v) is 4.00. The lowest BCUT2D eigenvalue weighted by atomic mass is 10.2. The number of carbonyl (C=O) groups is 1. The Morgan fingerprint density at radius 3 is 2.79 bits per heavy atom. The molecule has 0 aromatic heterocycles. The molecule has 0 spiro atoms. The van der Waals surface area contributed by atoms with Crippen molar-refractivity contribution in [3.63, 3.8) is 0 Å². The molecule has 19 heavy (non-hydrogen) atoms. The minimum absolute atomic E-state index is 0. The van der Waals surface area contributed by atoms with Crippen molar-refractivity contribution >= 4 is 18.3 Å². The Morgan fingerprint density at radius 1 is 1.42 bits per heavy atom. The first-order chi connectivity index (χ1) is 8.63. The maximum atomic E-state index is 11.3. The van der Waals surface area contributed by atoms with Crippen LogP contribution in [0.5, 0.6) is 5.75 Å². The van der Waals surface area contributed by atoms with Gasteiger partial charge in [-0.05, 0) is 24.6 Å². The van der Waals surface area contributed by atoms with Gasteiger partial charge in [-0.15, -0.1) is 12.4 Å². The summed E-state index contributed by atoms with van der Waals surface area (Å²) in [5.41, 5.74) is 6.43. The highest BCUT2D eigenvalue weighted by molar-refractivity contribution is 5.85. The summed E-state index contributed by atoms with van der Waals surface area (Å²) in [7, 11) is 1.63. The van der Waals surface area contributed by atoms with Crippen LogP contribution in [0.15, 0.2) is 24.3 Å². The number of nitrogens with two attached hydrogens (primary N) is 1. The zero-order valence-corrected chi connectivity index (χ0v) is 12.0. The summed E-state index contributed by atoms with van der Waals surface area (Å²) < 4.78 is 10.4. The Labute approximate surface area is 119 Å². The van der Waals surface area contributed by atoms with Gasteiger partial charge >= 0.3 is 0 Å². The topological polar surface area (TPSA) is 73.6 Å². The first-order valence-corrected chi connectivity index (χ1v) is 5.87. The van der Waals surface area contributed by atoms with E-state index in [2.05, 4.69) is 5.32 Å². The third-order valence-corrected chi connectivity index (χ3v) is 2.33. The number of rotatable bonds is 7. The van der Waals surface area contributed by atoms with E-state index in [9.17, 15) is 4.79 Å². The molecule has 1 amide bonds. The second kappa shape index (κ2) is 9.61. The van der Waals surface area contributed by atoms with Crippen LogP contribution in [-0.2, 0) is 16.1 Å². The molecular weight excluding hydrogens is 268 g/mol. The molecule has 1 rings (SSSR count). The van der Waals surface area contributed by atoms with Crippen LogP contribution in [-0.4, -0.2) is 32.3 Å². The predicted octanol–water partition coefficient (Wildman–Crippen LogP) is 1.10. The third-order valence-electron chi connectivity index (χ3n) is 2.33. The van der Waals surface area contributed by atoms with Gasteiger partial charge in [0.15, 0.2) is 0 Å². The number of methoxy groups -OCH3 is 1. The quantitative estimate of drug-likeness (QED) is 0.737. The fourth-order valence-corrected chi connectivity index (χ4v) is 1.34. The number of hydrogen-bond acceptors (Lipinski definition) is 4. The second-order valence-electron chi connectivity index (χ2n) is 4.00. The Kier molecular flexibility index (Phi) is 8.95. The molecular formula is C13H21ClN2O3. The van der Waals surface area contributed by atoms with Gasteiger partial charge in [-0.2, -0.15) is 0 Å². The van der Waals surface area contributed by atoms with Gasteiger partial charge in [0, 0.05) is 13.7 Å². The molecule has 0 radical (unpaired) electrons. The van der Waals surface area contributed by atoms with Crippen LogP contribution >= 0.6 is 12.4 Å². The van der Waals surface area contributed by atoms with Gasteiger partial charge in [0.05, 0.1) is 12.6 Å². The number of amides is 1. The average molecular weight is 289 g/mol. The fraction of sp³-hybridized carbons (Fsp3) is 0.462. The van der Waals surface area contributed by atoms with Crippen LogP contribution < -0.4 is 15.8 Å². The lowest BCUT2D eigenvalue weighted by Crippen LogP contribution is -2.37. The molecule has 0 unspecified atom stereocenters. The van der Waals surface area contributed by atoms with Crippen molar-refractivity contribution in [3.8, 4) is 5.75 Å². The van der Waals surface area contributed by atoms with E-state index in [0.29, 0.717) is 19.8 Å². The van der Waals surface area contributed by atoms with Crippen LogP contribution in [0.1, 0.15) is 12.5 Å². The number of carbonyl (C=O) groups excluding carboxylic acids is 1. The number of benzene rings is 1. The molecule has 0 aliphatic carbocycles. The van der Waals surface area contributed by atoms with Crippen molar-refractivity contribution in [2.75, 3.05) is 20.3 Å². The molecule has 3 N–H and O–H groups in total. The number of halogens is 1. The zero-order valence-electron chi connectivity index (χ0n) is 11.2. The Hall–Kier alpha value is -1.30. The Morgan fingerprint density at radius 2 is 2.16 bits per heavy atom. The molecule has 0 aliphatic rings. The van der Waals surface area contributed by atoms with E-state index in [1.807, 2.05) is 24.3 Å². The summed E-state index contributed by atoms with van der Waals surface area (Å²) in [5, 5.41) is 2.75. The van der Waals surface area contributed by atoms with Crippen LogP contribution in [0.3, 0.4) is 0 Å². The molecule has 1 aromatic rings. The van der Waals surface area contributed by atoms with E-state index in [1.54, 1.807) is 14.0 Å². The highest BCUT2D eigenvalue weighted by Gasteiger charge is 2.06. The Balaban J connectivity index is 0.00000324. The summed E-state index contributed by atoms with van der Waals surface area (Å²) in [6.07, 6.45) is 0. The molecule has 0 aliphatic heterocycles. The van der Waals surface area contributed by atoms with Crippen molar-refractivity contribution in [2.45, 2.75) is 19.5 Å². The molecule has 0 fully saturated rings. The van der Waals surface area contributed by atoms with E-state index in [4.69, 9.17) is 15.2 Å². The van der Waals surface area contributed by atoms with Crippen molar-refractivity contribution in [1.82, 2.24) is 5.32 Å². The van der Waals surface area contributed by atoms with Gasteiger partial charge in [0.2, 0.25) is 5.91 Å². The van der Waals surface area contributed by atoms with E-state index < -0.39 is 6.04 Å². The SMILES string of the molecule is COCCOc1cccc(CNC(=O)[C@H](C)N)c1.Cl. The van der Waals surface area contributed by atoms with Crippen LogP contribution in [0.2, 0.25) is 0 Å². The van der Waals surface area contributed by atoms with Crippen molar-refractivity contribution in [2.24, 2.45) is 5.73 Å². The number of ether oxygens (including phenoxy) is 2. The number of nitrogens with one attached hydrogen (secondary N) is 1. The standard InChI is InChI=1S/C13H20N2O3.ClH/c1-10(14)13(16)15-9-11-4-3-5-12(8-11)18-7-6-17-2;/h3-5,8,10H,6-7,9,14H2,1-2H3,(H,15,16);1H/t10-;/m0./s1. The summed E-state index contributed by atoms with van der Waals surface area (Å²) in [6, 6.07) is 7.07. The predicted molar refractivity (Wildman–Crippen MR) is 76.6 cm³/mol. The molecule has 0 saturated carbocycles. The fourth-order valence-electron chi connectivity index (χ4n) is 1.34. The van der Waals surface area contributed by atoms with Crippen molar-refractivity contribution < 1.29 is 14.3 Å². The molecule has 108 valence electrons. The summed E-state index contributed by atoms with van der Waals surface area (Å²) in [6.45, 7) is 3.15. The third kappa shape index (κ3) is 7.00. The average Bonchev–Trinajstić information content (AvgIpc) is 2.36. The van der Waals surface area contributed by atoms with Crippen molar-refractivity contribution in [1.29, 1.82) is 0 Å². The normalized spacial score (nSPS) is 11.3. The monoisotopic (exact) mass is 288 g/mol. The van der Waals surface area contributed by atoms with Gasteiger partial charge in [0.25, 0.3) is 0 Å². The van der Waals surface area contributed by atoms with E-state index in [0.717, 1.165) is 11.3 Å². The molecule has 1 aromatic carbocycles. The van der Waals surface area contributed by atoms with Crippen LogP contribution in [0.25, 0.3) is 0 Å². The van der Waals surface area contributed by atoms with Gasteiger partial charge in [-0.25, -0.2) is 0 Å². The van der Waals surface area contributed by atoms with E-state index in [1.165, 1.54) is 0 Å². The van der Waals surface area contributed by atoms with Gasteiger partial charge in [-0.3, -0.25) is 4.79 Å². The summed E-state index contributed by atoms with van der Waals surface area (Å²) in [5.74, 6) is 0.598. The lowest BCUT2D eigenvalue weighted by molar-refractivity contribution is -0.122. The minimum atomic E-state index is -0.494. The smallest absolute Gasteiger partial charge is 0.236 e. The van der Waals surface area contributed by atoms with Gasteiger partial charge in [-0.1, -0.05) is 12.1 Å². The largest absolute Gasteiger partial charge is 0.491 e. The van der Waals surface area contributed by atoms with Gasteiger partial charge < -0.3 is 20.5 Å². The highest BCUT2D eigenvalue weighted by Crippen LogP contribution is 2.13. The van der Waals surface area contributed by atoms with Crippen molar-refractivity contribution in [3.05, 3.63) is 29.8 Å².